The fourth-order valence-electron chi connectivity index (χ4n) is 1.35. The maximum absolute atomic E-state index is 10.5. The van der Waals surface area contributed by atoms with Crippen LogP contribution in [0.3, 0.4) is 0 Å². The van der Waals surface area contributed by atoms with Gasteiger partial charge >= 0.3 is 5.97 Å². The summed E-state index contributed by atoms with van der Waals surface area (Å²) in [5.41, 5.74) is 6.29. The van der Waals surface area contributed by atoms with Gasteiger partial charge in [-0.2, -0.15) is 0 Å². The van der Waals surface area contributed by atoms with Gasteiger partial charge in [-0.25, -0.2) is 0 Å². The number of carboxylic acids is 1. The number of aliphatic carboxylic acids is 1. The Bertz CT molecular complexity index is 342. The zero-order valence-electron chi connectivity index (χ0n) is 9.45. The van der Waals surface area contributed by atoms with Crippen molar-refractivity contribution in [1.29, 1.82) is 0 Å². The van der Waals surface area contributed by atoms with Gasteiger partial charge < -0.3 is 20.7 Å². The molecule has 0 saturated heterocycles. The third kappa shape index (κ3) is 5.44. The third-order valence-electron chi connectivity index (χ3n) is 2.26. The van der Waals surface area contributed by atoms with Crippen molar-refractivity contribution in [3.05, 3.63) is 35.9 Å². The first kappa shape index (κ1) is 13.6. The Morgan fingerprint density at radius 1 is 1.35 bits per heavy atom. The highest BCUT2D eigenvalue weighted by Crippen LogP contribution is 2.03. The fraction of sp³-hybridized carbons (Fsp3) is 0.417. The summed E-state index contributed by atoms with van der Waals surface area (Å²) in [4.78, 5) is 10.5. The van der Waals surface area contributed by atoms with E-state index in [-0.39, 0.29) is 13.0 Å². The lowest BCUT2D eigenvalue weighted by Gasteiger charge is -2.13. The first-order chi connectivity index (χ1) is 8.09. The highest BCUT2D eigenvalue weighted by Gasteiger charge is 2.16. The maximum Gasteiger partial charge on any atom is 0.320 e. The zero-order valence-corrected chi connectivity index (χ0v) is 9.45. The number of benzene rings is 1. The lowest BCUT2D eigenvalue weighted by Crippen LogP contribution is -2.35. The average Bonchev–Trinajstić information content (AvgIpc) is 2.30. The molecule has 0 aliphatic carbocycles. The van der Waals surface area contributed by atoms with Crippen LogP contribution in [0, 0.1) is 0 Å². The van der Waals surface area contributed by atoms with Crippen LogP contribution in [0.5, 0.6) is 0 Å². The van der Waals surface area contributed by atoms with Crippen molar-refractivity contribution in [2.24, 2.45) is 5.73 Å². The van der Waals surface area contributed by atoms with E-state index < -0.39 is 18.1 Å². The standard InChI is InChI=1S/C12H17NO4/c13-11(12(15)16)6-10(14)8-17-7-9-4-2-1-3-5-9/h1-5,10-11,14H,6-8,13H2,(H,15,16). The molecule has 2 unspecified atom stereocenters. The summed E-state index contributed by atoms with van der Waals surface area (Å²) < 4.78 is 5.26. The molecule has 0 aliphatic heterocycles. The topological polar surface area (TPSA) is 92.8 Å². The van der Waals surface area contributed by atoms with Crippen LogP contribution in [0.4, 0.5) is 0 Å². The number of ether oxygens (including phenoxy) is 1. The van der Waals surface area contributed by atoms with E-state index in [0.29, 0.717) is 6.61 Å². The molecule has 0 aliphatic rings. The number of hydrogen-bond acceptors (Lipinski definition) is 4. The van der Waals surface area contributed by atoms with Gasteiger partial charge in [0.2, 0.25) is 0 Å². The molecule has 0 heterocycles. The molecule has 0 bridgehead atoms. The molecular weight excluding hydrogens is 222 g/mol. The number of aliphatic hydroxyl groups is 1. The molecule has 0 spiro atoms. The Hall–Kier alpha value is -1.43. The van der Waals surface area contributed by atoms with E-state index in [4.69, 9.17) is 15.6 Å². The normalized spacial score (nSPS) is 14.2. The van der Waals surface area contributed by atoms with Gasteiger partial charge in [0, 0.05) is 6.42 Å². The van der Waals surface area contributed by atoms with E-state index in [1.807, 2.05) is 30.3 Å². The van der Waals surface area contributed by atoms with E-state index in [1.54, 1.807) is 0 Å². The number of carboxylic acid groups (broad SMARTS) is 1. The summed E-state index contributed by atoms with van der Waals surface area (Å²) in [5, 5.41) is 18.0. The van der Waals surface area contributed by atoms with Gasteiger partial charge in [0.1, 0.15) is 6.04 Å². The molecule has 4 N–H and O–H groups in total. The summed E-state index contributed by atoms with van der Waals surface area (Å²) in [6.45, 7) is 0.468. The van der Waals surface area contributed by atoms with Crippen molar-refractivity contribution in [1.82, 2.24) is 0 Å². The van der Waals surface area contributed by atoms with Crippen molar-refractivity contribution in [3.63, 3.8) is 0 Å². The number of aliphatic hydroxyl groups excluding tert-OH is 1. The predicted octanol–water partition coefficient (Wildman–Crippen LogP) is 0.366. The van der Waals surface area contributed by atoms with Gasteiger partial charge in [-0.15, -0.1) is 0 Å². The lowest BCUT2D eigenvalue weighted by atomic mass is 10.1. The van der Waals surface area contributed by atoms with Crippen LogP contribution in [0.1, 0.15) is 12.0 Å². The predicted molar refractivity (Wildman–Crippen MR) is 62.3 cm³/mol. The van der Waals surface area contributed by atoms with Crippen molar-refractivity contribution >= 4 is 5.97 Å². The molecule has 1 rings (SSSR count). The van der Waals surface area contributed by atoms with Crippen LogP contribution in [-0.4, -0.2) is 34.9 Å². The van der Waals surface area contributed by atoms with Crippen molar-refractivity contribution in [2.75, 3.05) is 6.61 Å². The minimum absolute atomic E-state index is 0.00980. The quantitative estimate of drug-likeness (QED) is 0.639. The first-order valence-corrected chi connectivity index (χ1v) is 5.37. The minimum Gasteiger partial charge on any atom is -0.480 e. The molecule has 0 aromatic heterocycles. The second kappa shape index (κ2) is 7.01. The zero-order chi connectivity index (χ0) is 12.7. The Morgan fingerprint density at radius 2 is 2.00 bits per heavy atom. The summed E-state index contributed by atoms with van der Waals surface area (Å²) in [6, 6.07) is 8.48. The smallest absolute Gasteiger partial charge is 0.320 e. The Labute approximate surface area is 99.8 Å². The second-order valence-corrected chi connectivity index (χ2v) is 3.83. The lowest BCUT2D eigenvalue weighted by molar-refractivity contribution is -0.139. The maximum atomic E-state index is 10.5. The summed E-state index contributed by atoms with van der Waals surface area (Å²) in [7, 11) is 0. The van der Waals surface area contributed by atoms with Crippen LogP contribution in [0.15, 0.2) is 30.3 Å². The third-order valence-corrected chi connectivity index (χ3v) is 2.26. The second-order valence-electron chi connectivity index (χ2n) is 3.83. The fourth-order valence-corrected chi connectivity index (χ4v) is 1.35. The van der Waals surface area contributed by atoms with E-state index in [9.17, 15) is 9.90 Å². The first-order valence-electron chi connectivity index (χ1n) is 5.37. The van der Waals surface area contributed by atoms with E-state index in [2.05, 4.69) is 0 Å². The molecule has 0 saturated carbocycles. The highest BCUT2D eigenvalue weighted by molar-refractivity contribution is 5.73. The van der Waals surface area contributed by atoms with Crippen LogP contribution in [0.2, 0.25) is 0 Å². The van der Waals surface area contributed by atoms with Crippen LogP contribution < -0.4 is 5.73 Å². The summed E-state index contributed by atoms with van der Waals surface area (Å²) in [5.74, 6) is -1.12. The van der Waals surface area contributed by atoms with Crippen LogP contribution in [-0.2, 0) is 16.1 Å². The van der Waals surface area contributed by atoms with Crippen molar-refractivity contribution in [2.45, 2.75) is 25.2 Å². The Balaban J connectivity index is 2.20. The Morgan fingerprint density at radius 3 is 2.59 bits per heavy atom. The summed E-state index contributed by atoms with van der Waals surface area (Å²) >= 11 is 0. The molecule has 17 heavy (non-hydrogen) atoms. The van der Waals surface area contributed by atoms with Gasteiger partial charge in [-0.1, -0.05) is 30.3 Å². The van der Waals surface area contributed by atoms with Crippen molar-refractivity contribution in [3.8, 4) is 0 Å². The van der Waals surface area contributed by atoms with Crippen LogP contribution >= 0.6 is 0 Å². The minimum atomic E-state index is -1.12. The largest absolute Gasteiger partial charge is 0.480 e. The molecule has 5 nitrogen and oxygen atoms in total. The van der Waals surface area contributed by atoms with Gasteiger partial charge in [-0.05, 0) is 5.56 Å². The monoisotopic (exact) mass is 239 g/mol. The van der Waals surface area contributed by atoms with Gasteiger partial charge in [0.15, 0.2) is 0 Å². The number of nitrogens with two attached hydrogens (primary N) is 1. The molecule has 0 amide bonds. The Kier molecular flexibility index (Phi) is 5.62. The molecule has 0 radical (unpaired) electrons. The molecular formula is C12H17NO4. The van der Waals surface area contributed by atoms with Gasteiger partial charge in [0.05, 0.1) is 19.3 Å². The number of hydrogen-bond donors (Lipinski definition) is 3. The molecule has 5 heteroatoms. The number of carbonyl (C=O) groups is 1. The summed E-state index contributed by atoms with van der Waals surface area (Å²) in [6.07, 6.45) is -0.866. The molecule has 1 aromatic carbocycles. The van der Waals surface area contributed by atoms with E-state index >= 15 is 0 Å². The van der Waals surface area contributed by atoms with Gasteiger partial charge in [-0.3, -0.25) is 4.79 Å². The van der Waals surface area contributed by atoms with E-state index in [1.165, 1.54) is 0 Å². The molecule has 1 aromatic rings. The molecule has 94 valence electrons. The van der Waals surface area contributed by atoms with Crippen molar-refractivity contribution < 1.29 is 19.7 Å². The van der Waals surface area contributed by atoms with E-state index in [0.717, 1.165) is 5.56 Å². The highest BCUT2D eigenvalue weighted by atomic mass is 16.5. The molecule has 2 atom stereocenters. The SMILES string of the molecule is NC(CC(O)COCc1ccccc1)C(=O)O. The molecule has 0 fully saturated rings. The van der Waals surface area contributed by atoms with Crippen LogP contribution in [0.25, 0.3) is 0 Å². The number of rotatable bonds is 7. The average molecular weight is 239 g/mol. The van der Waals surface area contributed by atoms with Gasteiger partial charge in [0.25, 0.3) is 0 Å².